The molecule has 0 amide bonds. The average Bonchev–Trinajstić information content (AvgIpc) is 2.47. The van der Waals surface area contributed by atoms with Crippen molar-refractivity contribution in [2.24, 2.45) is 0 Å². The third-order valence-corrected chi connectivity index (χ3v) is 1.76. The van der Waals surface area contributed by atoms with Crippen molar-refractivity contribution in [3.8, 4) is 11.8 Å². The summed E-state index contributed by atoms with van der Waals surface area (Å²) in [5.41, 5.74) is 0.465. The van der Waals surface area contributed by atoms with Gasteiger partial charge in [0.2, 0.25) is 0 Å². The molecule has 0 atom stereocenters. The van der Waals surface area contributed by atoms with E-state index in [-0.39, 0.29) is 6.10 Å². The highest BCUT2D eigenvalue weighted by Gasteiger charge is 1.99. The van der Waals surface area contributed by atoms with Crippen LogP contribution in [-0.2, 0) is 0 Å². The molecule has 0 fully saturated rings. The molecular formula is C17H26ClNO3. The van der Waals surface area contributed by atoms with Gasteiger partial charge in [-0.05, 0) is 39.8 Å². The van der Waals surface area contributed by atoms with Crippen LogP contribution in [0.2, 0.25) is 5.02 Å². The van der Waals surface area contributed by atoms with Gasteiger partial charge < -0.3 is 14.9 Å². The number of ether oxygens (including phenoxy) is 1. The van der Waals surface area contributed by atoms with Crippen LogP contribution in [-0.4, -0.2) is 23.4 Å². The van der Waals surface area contributed by atoms with E-state index in [1.54, 1.807) is 58.2 Å². The number of nitrogens with zero attached hydrogens (tertiary/aromatic N) is 1. The molecule has 124 valence electrons. The number of hydrogen-bond acceptors (Lipinski definition) is 4. The third kappa shape index (κ3) is 20.4. The third-order valence-electron chi connectivity index (χ3n) is 1.45. The van der Waals surface area contributed by atoms with Gasteiger partial charge in [0.15, 0.2) is 0 Å². The van der Waals surface area contributed by atoms with Gasteiger partial charge in [-0.1, -0.05) is 23.8 Å². The second kappa shape index (κ2) is 19.0. The van der Waals surface area contributed by atoms with Crippen molar-refractivity contribution >= 4 is 11.6 Å². The average molecular weight is 328 g/mol. The maximum Gasteiger partial charge on any atom is 0.120 e. The smallest absolute Gasteiger partial charge is 0.120 e. The van der Waals surface area contributed by atoms with Crippen molar-refractivity contribution < 1.29 is 14.9 Å². The number of hydrogen-bond donors (Lipinski definition) is 2. The van der Waals surface area contributed by atoms with Crippen molar-refractivity contribution in [1.82, 2.24) is 0 Å². The first-order valence-electron chi connectivity index (χ1n) is 6.58. The normalized spacial score (nSPS) is 8.32. The van der Waals surface area contributed by atoms with Crippen molar-refractivity contribution in [2.75, 3.05) is 7.11 Å². The van der Waals surface area contributed by atoms with Crippen LogP contribution in [0.5, 0.6) is 5.75 Å². The van der Waals surface area contributed by atoms with Gasteiger partial charge in [-0.15, -0.1) is 6.58 Å². The molecule has 0 saturated heterocycles. The number of rotatable bonds is 1. The first-order chi connectivity index (χ1) is 10.3. The van der Waals surface area contributed by atoms with E-state index in [2.05, 4.69) is 6.58 Å². The summed E-state index contributed by atoms with van der Waals surface area (Å²) in [5.74, 6) is 0.661. The molecule has 22 heavy (non-hydrogen) atoms. The molecule has 0 aliphatic rings. The summed E-state index contributed by atoms with van der Waals surface area (Å²) in [6, 6.07) is 6.90. The van der Waals surface area contributed by atoms with Crippen LogP contribution < -0.4 is 4.74 Å². The Labute approximate surface area is 138 Å². The number of aliphatic hydroxyl groups is 2. The second-order valence-electron chi connectivity index (χ2n) is 3.94. The largest absolute Gasteiger partial charge is 0.516 e. The Kier molecular flexibility index (Phi) is 21.7. The molecule has 4 nitrogen and oxygen atoms in total. The SMILES string of the molecule is C/C=C/O.C=CC.CC(C)O.COc1ccc(C#N)c(Cl)c1. The Balaban J connectivity index is -0.000000273. The van der Waals surface area contributed by atoms with Crippen LogP contribution in [0.15, 0.2) is 43.2 Å². The first-order valence-corrected chi connectivity index (χ1v) is 6.96. The van der Waals surface area contributed by atoms with Gasteiger partial charge in [0.05, 0.1) is 24.0 Å². The predicted octanol–water partition coefficient (Wildman–Crippen LogP) is 4.88. The Hall–Kier alpha value is -1.96. The van der Waals surface area contributed by atoms with Gasteiger partial charge in [-0.3, -0.25) is 0 Å². The topological polar surface area (TPSA) is 73.5 Å². The fraction of sp³-hybridized carbons (Fsp3) is 0.353. The van der Waals surface area contributed by atoms with E-state index in [1.807, 2.05) is 13.0 Å². The monoisotopic (exact) mass is 327 g/mol. The standard InChI is InChI=1S/C8H6ClNO.C3H8O.C3H6O.C3H6/c1-11-7-3-2-6(5-10)8(9)4-7;1-3(2)4;1-2-3-4;1-3-2/h2-4H,1H3;3-4H,1-2H3;2-4H,1H3;3H,1H2,2H3/b;;3-2+;. The minimum Gasteiger partial charge on any atom is -0.516 e. The minimum absolute atomic E-state index is 0.167. The van der Waals surface area contributed by atoms with Crippen LogP contribution in [0.25, 0.3) is 0 Å². The lowest BCUT2D eigenvalue weighted by molar-refractivity contribution is 0.216. The maximum absolute atomic E-state index is 8.51. The number of benzene rings is 1. The van der Waals surface area contributed by atoms with Gasteiger partial charge in [0.1, 0.15) is 11.8 Å². The zero-order valence-corrected chi connectivity index (χ0v) is 14.6. The lowest BCUT2D eigenvalue weighted by Crippen LogP contribution is -1.85. The summed E-state index contributed by atoms with van der Waals surface area (Å²) >= 11 is 5.71. The van der Waals surface area contributed by atoms with E-state index in [0.29, 0.717) is 16.3 Å². The lowest BCUT2D eigenvalue weighted by Gasteiger charge is -1.99. The Bertz CT molecular complexity index is 445. The molecule has 0 aromatic heterocycles. The number of aliphatic hydroxyl groups excluding tert-OH is 2. The van der Waals surface area contributed by atoms with Gasteiger partial charge in [-0.2, -0.15) is 5.26 Å². The Morgan fingerprint density at radius 3 is 2.00 bits per heavy atom. The number of methoxy groups -OCH3 is 1. The van der Waals surface area contributed by atoms with E-state index < -0.39 is 0 Å². The Morgan fingerprint density at radius 2 is 1.77 bits per heavy atom. The van der Waals surface area contributed by atoms with Gasteiger partial charge >= 0.3 is 0 Å². The quantitative estimate of drug-likeness (QED) is 0.569. The number of nitriles is 1. The van der Waals surface area contributed by atoms with Crippen LogP contribution >= 0.6 is 11.6 Å². The summed E-state index contributed by atoms with van der Waals surface area (Å²) in [5, 5.41) is 24.7. The molecular weight excluding hydrogens is 302 g/mol. The van der Waals surface area contributed by atoms with Crippen LogP contribution in [0, 0.1) is 11.3 Å². The maximum atomic E-state index is 8.51. The summed E-state index contributed by atoms with van der Waals surface area (Å²) in [6.45, 7) is 10.4. The molecule has 0 heterocycles. The van der Waals surface area contributed by atoms with Crippen molar-refractivity contribution in [1.29, 1.82) is 5.26 Å². The molecule has 0 spiro atoms. The summed E-state index contributed by atoms with van der Waals surface area (Å²) in [6.07, 6.45) is 4.14. The molecule has 1 aromatic carbocycles. The van der Waals surface area contributed by atoms with Crippen molar-refractivity contribution in [3.63, 3.8) is 0 Å². The highest BCUT2D eigenvalue weighted by molar-refractivity contribution is 6.31. The van der Waals surface area contributed by atoms with Crippen LogP contribution in [0.3, 0.4) is 0 Å². The van der Waals surface area contributed by atoms with E-state index in [0.717, 1.165) is 6.26 Å². The molecule has 5 heteroatoms. The highest BCUT2D eigenvalue weighted by atomic mass is 35.5. The van der Waals surface area contributed by atoms with E-state index in [9.17, 15) is 0 Å². The lowest BCUT2D eigenvalue weighted by atomic mass is 10.2. The first kappa shape index (κ1) is 25.0. The van der Waals surface area contributed by atoms with Gasteiger partial charge in [-0.25, -0.2) is 0 Å². The van der Waals surface area contributed by atoms with Crippen molar-refractivity contribution in [2.45, 2.75) is 33.8 Å². The van der Waals surface area contributed by atoms with Gasteiger partial charge in [0.25, 0.3) is 0 Å². The van der Waals surface area contributed by atoms with E-state index in [4.69, 9.17) is 31.8 Å². The predicted molar refractivity (Wildman–Crippen MR) is 93.4 cm³/mol. The number of allylic oxidation sites excluding steroid dienone is 2. The van der Waals surface area contributed by atoms with Crippen LogP contribution in [0.1, 0.15) is 33.3 Å². The molecule has 0 unspecified atom stereocenters. The van der Waals surface area contributed by atoms with Crippen LogP contribution in [0.4, 0.5) is 0 Å². The van der Waals surface area contributed by atoms with E-state index in [1.165, 1.54) is 0 Å². The minimum atomic E-state index is -0.167. The zero-order chi connectivity index (χ0) is 18.0. The summed E-state index contributed by atoms with van der Waals surface area (Å²) in [4.78, 5) is 0. The summed E-state index contributed by atoms with van der Waals surface area (Å²) < 4.78 is 4.90. The fourth-order valence-corrected chi connectivity index (χ4v) is 0.926. The molecule has 2 N–H and O–H groups in total. The molecule has 1 aromatic rings. The van der Waals surface area contributed by atoms with Gasteiger partial charge in [0, 0.05) is 12.2 Å². The second-order valence-corrected chi connectivity index (χ2v) is 4.35. The molecule has 0 aliphatic carbocycles. The Morgan fingerprint density at radius 1 is 1.36 bits per heavy atom. The molecule has 0 aliphatic heterocycles. The number of halogens is 1. The van der Waals surface area contributed by atoms with E-state index >= 15 is 0 Å². The summed E-state index contributed by atoms with van der Waals surface area (Å²) in [7, 11) is 1.55. The highest BCUT2D eigenvalue weighted by Crippen LogP contribution is 2.21. The molecule has 1 rings (SSSR count). The zero-order valence-electron chi connectivity index (χ0n) is 13.9. The molecule has 0 saturated carbocycles. The van der Waals surface area contributed by atoms with Crippen molar-refractivity contribution in [3.05, 3.63) is 53.8 Å². The fourth-order valence-electron chi connectivity index (χ4n) is 0.713. The molecule has 0 bridgehead atoms. The molecule has 0 radical (unpaired) electrons.